The zero-order valence-electron chi connectivity index (χ0n) is 27.7. The molecular formula is C37H39ClF2N6O4. The Kier molecular flexibility index (Phi) is 8.00. The van der Waals surface area contributed by atoms with Crippen LogP contribution in [0, 0.1) is 5.92 Å². The Morgan fingerprint density at radius 3 is 2.60 bits per heavy atom. The van der Waals surface area contributed by atoms with Gasteiger partial charge in [-0.15, -0.1) is 0 Å². The minimum Gasteiger partial charge on any atom is -0.489 e. The summed E-state index contributed by atoms with van der Waals surface area (Å²) >= 11 is 6.94. The molecule has 1 aliphatic heterocycles. The first kappa shape index (κ1) is 32.9. The lowest BCUT2D eigenvalue weighted by molar-refractivity contribution is -0.123. The van der Waals surface area contributed by atoms with Gasteiger partial charge in [0.15, 0.2) is 0 Å². The van der Waals surface area contributed by atoms with Gasteiger partial charge in [0.05, 0.1) is 28.5 Å². The molecule has 0 radical (unpaired) electrons. The second kappa shape index (κ2) is 12.2. The molecule has 4 fully saturated rings. The Morgan fingerprint density at radius 1 is 1.18 bits per heavy atom. The number of nitrogen functional groups attached to an aromatic ring is 1. The molecule has 0 spiro atoms. The molecule has 2 amide bonds. The van der Waals surface area contributed by atoms with Crippen molar-refractivity contribution < 1.29 is 27.8 Å². The van der Waals surface area contributed by atoms with E-state index in [0.29, 0.717) is 55.9 Å². The Hall–Kier alpha value is -4.32. The van der Waals surface area contributed by atoms with Gasteiger partial charge in [0, 0.05) is 71.6 Å². The molecule has 0 unspecified atom stereocenters. The number of benzene rings is 1. The molecule has 2 aromatic heterocycles. The molecule has 50 heavy (non-hydrogen) atoms. The SMILES string of the molecule is C[C@]1(C(N)=O)COc2c1cc([C@@H](CNC(=O)c1cc(C=NC3CC3)c(N)c(OC3CC3)c1)C1CC(F)(F)C1)nc2-c1ccnc(C2CC2)c1Cl. The number of fused-ring (bicyclic) bond motifs is 1. The highest BCUT2D eigenvalue weighted by atomic mass is 35.5. The monoisotopic (exact) mass is 704 g/mol. The molecule has 1 aromatic carbocycles. The fourth-order valence-corrected chi connectivity index (χ4v) is 7.19. The van der Waals surface area contributed by atoms with E-state index in [9.17, 15) is 18.4 Å². The van der Waals surface area contributed by atoms with Gasteiger partial charge in [-0.25, -0.2) is 13.8 Å². The van der Waals surface area contributed by atoms with Gasteiger partial charge >= 0.3 is 0 Å². The predicted octanol–water partition coefficient (Wildman–Crippen LogP) is 6.07. The number of aliphatic imine (C=N–C) groups is 1. The molecule has 2 atom stereocenters. The van der Waals surface area contributed by atoms with Crippen LogP contribution in [0.2, 0.25) is 5.02 Å². The van der Waals surface area contributed by atoms with Crippen LogP contribution in [0.5, 0.6) is 11.5 Å². The summed E-state index contributed by atoms with van der Waals surface area (Å²) in [4.78, 5) is 40.7. The number of amides is 2. The van der Waals surface area contributed by atoms with Crippen LogP contribution < -0.4 is 26.3 Å². The maximum atomic E-state index is 14.4. The van der Waals surface area contributed by atoms with Crippen molar-refractivity contribution in [3.8, 4) is 22.8 Å². The van der Waals surface area contributed by atoms with Crippen molar-refractivity contribution in [1.29, 1.82) is 0 Å². The smallest absolute Gasteiger partial charge is 0.251 e. The Labute approximate surface area is 293 Å². The number of carbonyl (C=O) groups excluding carboxylic acids is 2. The lowest BCUT2D eigenvalue weighted by atomic mass is 9.71. The average molecular weight is 705 g/mol. The highest BCUT2D eigenvalue weighted by Gasteiger charge is 2.50. The summed E-state index contributed by atoms with van der Waals surface area (Å²) < 4.78 is 41.0. The van der Waals surface area contributed by atoms with Gasteiger partial charge in [0.2, 0.25) is 11.8 Å². The second-order valence-corrected chi connectivity index (χ2v) is 15.1. The van der Waals surface area contributed by atoms with Crippen LogP contribution in [0.1, 0.15) is 103 Å². The summed E-state index contributed by atoms with van der Waals surface area (Å²) in [6.07, 6.45) is 8.50. The maximum Gasteiger partial charge on any atom is 0.251 e. The number of primary amides is 1. The number of pyridine rings is 2. The highest BCUT2D eigenvalue weighted by molar-refractivity contribution is 6.34. The Balaban J connectivity index is 1.16. The van der Waals surface area contributed by atoms with Gasteiger partial charge < -0.3 is 26.3 Å². The van der Waals surface area contributed by atoms with E-state index in [0.717, 1.165) is 44.2 Å². The number of hydrogen-bond donors (Lipinski definition) is 3. The van der Waals surface area contributed by atoms with Crippen molar-refractivity contribution in [2.24, 2.45) is 16.6 Å². The van der Waals surface area contributed by atoms with Gasteiger partial charge in [0.1, 0.15) is 29.2 Å². The van der Waals surface area contributed by atoms with Crippen molar-refractivity contribution in [3.05, 3.63) is 63.6 Å². The van der Waals surface area contributed by atoms with E-state index < -0.39 is 35.0 Å². The van der Waals surface area contributed by atoms with Crippen LogP contribution in [0.15, 0.2) is 35.5 Å². The third-order valence-corrected chi connectivity index (χ3v) is 10.9. The van der Waals surface area contributed by atoms with E-state index in [-0.39, 0.29) is 44.1 Å². The van der Waals surface area contributed by atoms with Crippen molar-refractivity contribution >= 4 is 35.3 Å². The third kappa shape index (κ3) is 6.27. The summed E-state index contributed by atoms with van der Waals surface area (Å²) in [5.74, 6) is -3.92. The van der Waals surface area contributed by atoms with Gasteiger partial charge in [-0.05, 0) is 75.6 Å². The fourth-order valence-electron chi connectivity index (χ4n) is 6.83. The molecule has 3 aromatic rings. The lowest BCUT2D eigenvalue weighted by Gasteiger charge is -2.40. The van der Waals surface area contributed by atoms with E-state index >= 15 is 0 Å². The minimum atomic E-state index is -2.83. The van der Waals surface area contributed by atoms with Crippen molar-refractivity contribution in [2.75, 3.05) is 18.9 Å². The van der Waals surface area contributed by atoms with Crippen molar-refractivity contribution in [3.63, 3.8) is 0 Å². The van der Waals surface area contributed by atoms with E-state index in [2.05, 4.69) is 15.3 Å². The van der Waals surface area contributed by atoms with Crippen molar-refractivity contribution in [2.45, 2.75) is 93.6 Å². The van der Waals surface area contributed by atoms with E-state index in [4.69, 9.17) is 37.5 Å². The highest BCUT2D eigenvalue weighted by Crippen LogP contribution is 2.52. The zero-order valence-corrected chi connectivity index (χ0v) is 28.4. The van der Waals surface area contributed by atoms with Crippen LogP contribution in [-0.2, 0) is 10.2 Å². The van der Waals surface area contributed by atoms with Crippen LogP contribution in [0.25, 0.3) is 11.3 Å². The van der Waals surface area contributed by atoms with Gasteiger partial charge in [-0.1, -0.05) is 11.6 Å². The molecule has 3 heterocycles. The number of hydrogen-bond acceptors (Lipinski definition) is 8. The summed E-state index contributed by atoms with van der Waals surface area (Å²) in [6, 6.07) is 7.01. The minimum absolute atomic E-state index is 0.00500. The van der Waals surface area contributed by atoms with Gasteiger partial charge in [0.25, 0.3) is 5.91 Å². The number of nitrogens with one attached hydrogen (secondary N) is 1. The first-order chi connectivity index (χ1) is 23.9. The molecule has 8 rings (SSSR count). The molecular weight excluding hydrogens is 666 g/mol. The van der Waals surface area contributed by atoms with E-state index in [1.807, 2.05) is 0 Å². The van der Waals surface area contributed by atoms with Crippen LogP contribution in [0.3, 0.4) is 0 Å². The molecule has 0 saturated heterocycles. The Bertz CT molecular complexity index is 1920. The standard InChI is InChI=1S/C37H39ClF2N6O4/c1-36(35(42)48)17-49-33-26(36)12-27(46-32(33)24-8-9-43-31(29(24)38)18-2-3-18)25(21-13-37(39,40)14-21)16-45-34(47)19-10-20(15-44-22-4-5-22)30(41)28(11-19)50-23-6-7-23/h8-12,15,18,21-23,25H,2-7,13-14,16-17,41H2,1H3,(H2,42,48)(H,45,47)/t25-,36-/m0/s1. The first-order valence-corrected chi connectivity index (χ1v) is 17.7. The predicted molar refractivity (Wildman–Crippen MR) is 184 cm³/mol. The number of rotatable bonds is 12. The van der Waals surface area contributed by atoms with E-state index in [1.54, 1.807) is 43.6 Å². The van der Waals surface area contributed by atoms with Crippen LogP contribution >= 0.6 is 11.6 Å². The normalized spacial score (nSPS) is 23.2. The maximum absolute atomic E-state index is 14.4. The molecule has 10 nitrogen and oxygen atoms in total. The summed E-state index contributed by atoms with van der Waals surface area (Å²) in [6.45, 7) is 1.69. The number of ether oxygens (including phenoxy) is 2. The van der Waals surface area contributed by atoms with Crippen molar-refractivity contribution in [1.82, 2.24) is 15.3 Å². The summed E-state index contributed by atoms with van der Waals surface area (Å²) in [5, 5.41) is 3.42. The lowest BCUT2D eigenvalue weighted by Crippen LogP contribution is -2.43. The fraction of sp³-hybridized carbons (Fsp3) is 0.486. The van der Waals surface area contributed by atoms with Crippen LogP contribution in [-0.4, -0.2) is 59.2 Å². The number of anilines is 1. The molecule has 4 aliphatic carbocycles. The quantitative estimate of drug-likeness (QED) is 0.153. The summed E-state index contributed by atoms with van der Waals surface area (Å²) in [5.41, 5.74) is 15.1. The van der Waals surface area contributed by atoms with E-state index in [1.165, 1.54) is 0 Å². The molecule has 5 aliphatic rings. The molecule has 13 heteroatoms. The number of aromatic nitrogens is 2. The van der Waals surface area contributed by atoms with Crippen LogP contribution in [0.4, 0.5) is 14.5 Å². The molecule has 0 bridgehead atoms. The molecule has 262 valence electrons. The number of carbonyl (C=O) groups is 2. The van der Waals surface area contributed by atoms with Gasteiger partial charge in [-0.3, -0.25) is 19.6 Å². The largest absolute Gasteiger partial charge is 0.489 e. The zero-order chi connectivity index (χ0) is 34.9. The number of halogens is 3. The number of nitrogens with two attached hydrogens (primary N) is 2. The molecule has 4 saturated carbocycles. The topological polar surface area (TPSA) is 155 Å². The average Bonchev–Trinajstić information content (AvgIpc) is 3.92. The third-order valence-electron chi connectivity index (χ3n) is 10.6. The Morgan fingerprint density at radius 2 is 1.94 bits per heavy atom. The van der Waals surface area contributed by atoms with Gasteiger partial charge in [-0.2, -0.15) is 0 Å². The summed E-state index contributed by atoms with van der Waals surface area (Å²) in [7, 11) is 0. The number of nitrogens with zero attached hydrogens (tertiary/aromatic N) is 3. The molecule has 5 N–H and O–H groups in total. The first-order valence-electron chi connectivity index (χ1n) is 17.3. The second-order valence-electron chi connectivity index (χ2n) is 14.7. The number of alkyl halides is 2.